The largest absolute Gasteiger partial charge is 0.465 e. The van der Waals surface area contributed by atoms with Gasteiger partial charge in [0.25, 0.3) is 0 Å². The normalized spacial score (nSPS) is 17.2. The van der Waals surface area contributed by atoms with Crippen molar-refractivity contribution >= 4 is 57.2 Å². The van der Waals surface area contributed by atoms with E-state index in [1.807, 2.05) is 49.4 Å². The van der Waals surface area contributed by atoms with E-state index >= 15 is 0 Å². The number of fused-ring (bicyclic) bond motifs is 4. The summed E-state index contributed by atoms with van der Waals surface area (Å²) in [7, 11) is 2.73. The molecule has 0 spiro atoms. The molecule has 14 nitrogen and oxygen atoms in total. The average Bonchev–Trinajstić information content (AvgIpc) is 4.11. The number of methoxy groups -OCH3 is 2. The quantitative estimate of drug-likeness (QED) is 0.153. The average molecular weight is 833 g/mol. The smallest absolute Gasteiger partial charge is 0.337 e. The maximum atomic E-state index is 11.9. The third-order valence-electron chi connectivity index (χ3n) is 10.9. The van der Waals surface area contributed by atoms with Crippen LogP contribution in [0.25, 0.3) is 33.3 Å². The zero-order valence-electron chi connectivity index (χ0n) is 34.1. The van der Waals surface area contributed by atoms with E-state index in [4.69, 9.17) is 50.0 Å². The Morgan fingerprint density at radius 3 is 1.70 bits per heavy atom. The topological polar surface area (TPSA) is 148 Å². The van der Waals surface area contributed by atoms with E-state index in [2.05, 4.69) is 33.6 Å². The number of carbonyl (C=O) groups is 2. The van der Waals surface area contributed by atoms with Crippen LogP contribution < -0.4 is 28.7 Å². The Labute approximate surface area is 352 Å². The number of aryl methyl sites for hydroxylation is 1. The van der Waals surface area contributed by atoms with Crippen molar-refractivity contribution in [2.75, 3.05) is 50.7 Å². The van der Waals surface area contributed by atoms with Crippen molar-refractivity contribution in [3.8, 4) is 34.3 Å². The third-order valence-corrected chi connectivity index (χ3v) is 11.2. The van der Waals surface area contributed by atoms with Gasteiger partial charge < -0.3 is 38.2 Å². The number of aromatic nitrogens is 4. The van der Waals surface area contributed by atoms with Gasteiger partial charge in [-0.2, -0.15) is 0 Å². The molecule has 0 saturated carbocycles. The summed E-state index contributed by atoms with van der Waals surface area (Å²) in [6, 6.07) is 22.9. The van der Waals surface area contributed by atoms with Gasteiger partial charge in [0.2, 0.25) is 13.6 Å². The first-order valence-corrected chi connectivity index (χ1v) is 20.2. The summed E-state index contributed by atoms with van der Waals surface area (Å²) >= 11 is 6.27. The molecule has 2 fully saturated rings. The highest BCUT2D eigenvalue weighted by Crippen LogP contribution is 2.40. The first kappa shape index (κ1) is 40.4. The Morgan fingerprint density at radius 1 is 0.617 bits per heavy atom. The van der Waals surface area contributed by atoms with Crippen molar-refractivity contribution in [1.29, 1.82) is 0 Å². The van der Waals surface area contributed by atoms with Crippen molar-refractivity contribution in [2.45, 2.75) is 58.5 Å². The van der Waals surface area contributed by atoms with Crippen molar-refractivity contribution < 1.29 is 38.0 Å². The lowest BCUT2D eigenvalue weighted by molar-refractivity contribution is 0.0592. The fourth-order valence-corrected chi connectivity index (χ4v) is 7.92. The van der Waals surface area contributed by atoms with Crippen LogP contribution in [0, 0.1) is 6.92 Å². The second kappa shape index (κ2) is 17.4. The highest BCUT2D eigenvalue weighted by atomic mass is 35.5. The van der Waals surface area contributed by atoms with E-state index in [9.17, 15) is 9.59 Å². The molecule has 2 atom stereocenters. The number of hydrogen-bond donors (Lipinski definition) is 0. The van der Waals surface area contributed by atoms with Crippen LogP contribution in [0.4, 0.5) is 11.6 Å². The monoisotopic (exact) mass is 832 g/mol. The lowest BCUT2D eigenvalue weighted by Crippen LogP contribution is -2.28. The van der Waals surface area contributed by atoms with Crippen molar-refractivity contribution in [3.05, 3.63) is 94.6 Å². The van der Waals surface area contributed by atoms with Gasteiger partial charge in [0, 0.05) is 30.7 Å². The molecule has 0 N–H and O–H groups in total. The molecule has 2 aromatic heterocycles. The third kappa shape index (κ3) is 8.37. The Hall–Kier alpha value is -6.41. The minimum Gasteiger partial charge on any atom is -0.465 e. The molecule has 6 aromatic rings. The number of benzene rings is 4. The van der Waals surface area contributed by atoms with Gasteiger partial charge >= 0.3 is 11.9 Å². The summed E-state index contributed by atoms with van der Waals surface area (Å²) in [5.41, 5.74) is 6.56. The lowest BCUT2D eigenvalue weighted by atomic mass is 10.1. The minimum atomic E-state index is -0.385. The highest BCUT2D eigenvalue weighted by Gasteiger charge is 2.28. The Kier molecular flexibility index (Phi) is 11.7. The number of hydrogen-bond acceptors (Lipinski definition) is 14. The van der Waals surface area contributed by atoms with E-state index < -0.39 is 0 Å². The van der Waals surface area contributed by atoms with Gasteiger partial charge in [0.15, 0.2) is 39.8 Å². The predicted molar refractivity (Wildman–Crippen MR) is 228 cm³/mol. The van der Waals surface area contributed by atoms with Crippen LogP contribution in [0.5, 0.6) is 23.0 Å². The summed E-state index contributed by atoms with van der Waals surface area (Å²) < 4.78 is 30.9. The number of carbonyl (C=O) groups excluding carboxylic acids is 2. The second-order valence-electron chi connectivity index (χ2n) is 14.9. The van der Waals surface area contributed by atoms with Crippen LogP contribution in [-0.4, -0.2) is 84.9 Å². The molecule has 0 bridgehead atoms. The van der Waals surface area contributed by atoms with Gasteiger partial charge in [-0.3, -0.25) is 0 Å². The van der Waals surface area contributed by atoms with Crippen LogP contribution >= 0.6 is 11.6 Å². The summed E-state index contributed by atoms with van der Waals surface area (Å²) in [5.74, 6) is 3.91. The van der Waals surface area contributed by atoms with Crippen LogP contribution in [0.1, 0.15) is 65.8 Å². The molecule has 0 amide bonds. The number of esters is 2. The molecule has 0 radical (unpaired) electrons. The van der Waals surface area contributed by atoms with Crippen LogP contribution in [-0.2, 0) is 9.47 Å². The molecule has 4 aliphatic heterocycles. The van der Waals surface area contributed by atoms with E-state index in [1.54, 1.807) is 30.3 Å². The number of anilines is 2. The maximum absolute atomic E-state index is 11.9. The standard InChI is InChI=1S/C22H21N3O4.C15H16ClN3O2.C8H8O2/c1-13-4-3-9-25(13)21-20(14-6-8-18-19(11-14)29-12-28-18)23-16-7-5-15(22(26)27-2)10-17(16)24-21;1-9-4-3-7-19(9)14-13(16)17-11-6-5-10(15(20)21-2)8-12(11)18-14;1-6-2-3-7-8(4-6)10-5-9-7/h5-8,10-11,13H,3-4,9,12H2,1-2H3;5-6,8-9H,3-4,7H2,1-2H3;2-4H,5H2,1H3/t13-;9-;/m00./s1. The maximum Gasteiger partial charge on any atom is 0.337 e. The van der Waals surface area contributed by atoms with Crippen molar-refractivity contribution in [2.24, 2.45) is 0 Å². The van der Waals surface area contributed by atoms with Gasteiger partial charge in [-0.15, -0.1) is 0 Å². The van der Waals surface area contributed by atoms with E-state index in [-0.39, 0.29) is 18.7 Å². The SMILES string of the molecule is COC(=O)c1ccc2nc(-c3ccc4c(c3)OCO4)c(N3CCC[C@@H]3C)nc2c1.COC(=O)c1ccc2nc(Cl)c(N3CCC[C@@H]3C)nc2c1.Cc1ccc2c(c1)OCO2. The zero-order chi connectivity index (χ0) is 41.9. The molecular weight excluding hydrogens is 788 g/mol. The van der Waals surface area contributed by atoms with Crippen molar-refractivity contribution in [1.82, 2.24) is 19.9 Å². The minimum absolute atomic E-state index is 0.231. The molecule has 0 aliphatic carbocycles. The molecule has 4 aromatic carbocycles. The number of rotatable bonds is 5. The Bertz CT molecular complexity index is 2590. The van der Waals surface area contributed by atoms with E-state index in [0.29, 0.717) is 63.3 Å². The summed E-state index contributed by atoms with van der Waals surface area (Å²) in [4.78, 5) is 46.9. The summed E-state index contributed by atoms with van der Waals surface area (Å²) in [6.07, 6.45) is 4.48. The van der Waals surface area contributed by atoms with Gasteiger partial charge in [-0.1, -0.05) is 17.7 Å². The predicted octanol–water partition coefficient (Wildman–Crippen LogP) is 8.58. The molecule has 6 heterocycles. The first-order valence-electron chi connectivity index (χ1n) is 19.9. The Balaban J connectivity index is 0.000000140. The van der Waals surface area contributed by atoms with Gasteiger partial charge in [0.05, 0.1) is 47.4 Å². The molecule has 2 saturated heterocycles. The Morgan fingerprint density at radius 2 is 1.13 bits per heavy atom. The lowest BCUT2D eigenvalue weighted by Gasteiger charge is -2.25. The number of halogens is 1. The number of nitrogens with zero attached hydrogens (tertiary/aromatic N) is 6. The molecule has 310 valence electrons. The molecular formula is C45H45ClN6O8. The van der Waals surface area contributed by atoms with E-state index in [0.717, 1.165) is 78.6 Å². The number of ether oxygens (including phenoxy) is 6. The van der Waals surface area contributed by atoms with Gasteiger partial charge in [0.1, 0.15) is 5.69 Å². The molecule has 0 unspecified atom stereocenters. The van der Waals surface area contributed by atoms with Crippen LogP contribution in [0.3, 0.4) is 0 Å². The van der Waals surface area contributed by atoms with Gasteiger partial charge in [-0.05, 0) is 119 Å². The van der Waals surface area contributed by atoms with Gasteiger partial charge in [-0.25, -0.2) is 29.5 Å². The molecule has 4 aliphatic rings. The fraction of sp³-hybridized carbons (Fsp3) is 0.333. The molecule has 15 heteroatoms. The molecule has 60 heavy (non-hydrogen) atoms. The van der Waals surface area contributed by atoms with Crippen molar-refractivity contribution in [3.63, 3.8) is 0 Å². The van der Waals surface area contributed by atoms with Crippen LogP contribution in [0.15, 0.2) is 72.8 Å². The first-order chi connectivity index (χ1) is 29.1. The summed E-state index contributed by atoms with van der Waals surface area (Å²) in [5, 5.41) is 0.405. The van der Waals surface area contributed by atoms with Crippen LogP contribution in [0.2, 0.25) is 5.15 Å². The highest BCUT2D eigenvalue weighted by molar-refractivity contribution is 6.32. The second-order valence-corrected chi connectivity index (χ2v) is 15.3. The zero-order valence-corrected chi connectivity index (χ0v) is 34.8. The summed E-state index contributed by atoms with van der Waals surface area (Å²) in [6.45, 7) is 8.83. The fourth-order valence-electron chi connectivity index (χ4n) is 7.68. The van der Waals surface area contributed by atoms with E-state index in [1.165, 1.54) is 19.8 Å². The molecule has 10 rings (SSSR count).